The van der Waals surface area contributed by atoms with Crippen molar-refractivity contribution in [1.29, 1.82) is 0 Å². The molecule has 0 saturated heterocycles. The molecule has 1 atom stereocenters. The predicted octanol–water partition coefficient (Wildman–Crippen LogP) is 3.68. The van der Waals surface area contributed by atoms with Gasteiger partial charge in [0.2, 0.25) is 0 Å². The standard InChI is InChI=1S/C22H25FN2O4/c1-12-18(13(2)24-19(12)22(28)29-4)20(26)14(3)25(11-15-8-9-15)21(27)16-6-5-7-17(23)10-16/h5-7,10,14-15,24H,8-9,11H2,1-4H3/t14-/m0/s1. The van der Waals surface area contributed by atoms with Gasteiger partial charge in [-0.3, -0.25) is 9.59 Å². The summed E-state index contributed by atoms with van der Waals surface area (Å²) in [4.78, 5) is 42.8. The highest BCUT2D eigenvalue weighted by Gasteiger charge is 2.35. The van der Waals surface area contributed by atoms with Gasteiger partial charge in [-0.05, 0) is 63.3 Å². The molecule has 6 nitrogen and oxygen atoms in total. The monoisotopic (exact) mass is 400 g/mol. The van der Waals surface area contributed by atoms with E-state index in [1.54, 1.807) is 26.8 Å². The number of hydrogen-bond donors (Lipinski definition) is 1. The number of carbonyl (C=O) groups is 3. The first-order valence-corrected chi connectivity index (χ1v) is 9.62. The van der Waals surface area contributed by atoms with E-state index in [1.807, 2.05) is 0 Å². The number of Topliss-reactive ketones (excluding diaryl/α,β-unsaturated/α-hetero) is 1. The van der Waals surface area contributed by atoms with E-state index in [0.717, 1.165) is 12.8 Å². The molecule has 1 heterocycles. The third-order valence-electron chi connectivity index (χ3n) is 5.40. The summed E-state index contributed by atoms with van der Waals surface area (Å²) in [5.41, 5.74) is 1.86. The molecule has 1 amide bonds. The van der Waals surface area contributed by atoms with Crippen molar-refractivity contribution < 1.29 is 23.5 Å². The second-order valence-corrected chi connectivity index (χ2v) is 7.57. The van der Waals surface area contributed by atoms with E-state index in [0.29, 0.717) is 29.3 Å². The quantitative estimate of drug-likeness (QED) is 0.568. The number of nitrogens with zero attached hydrogens (tertiary/aromatic N) is 1. The van der Waals surface area contributed by atoms with Gasteiger partial charge in [-0.2, -0.15) is 0 Å². The molecule has 1 aromatic heterocycles. The highest BCUT2D eigenvalue weighted by atomic mass is 19.1. The Labute approximate surface area is 169 Å². The predicted molar refractivity (Wildman–Crippen MR) is 106 cm³/mol. The Morgan fingerprint density at radius 2 is 1.97 bits per heavy atom. The molecule has 29 heavy (non-hydrogen) atoms. The number of benzene rings is 1. The van der Waals surface area contributed by atoms with Crippen molar-refractivity contribution in [3.8, 4) is 0 Å². The zero-order chi connectivity index (χ0) is 21.3. The van der Waals surface area contributed by atoms with Crippen molar-refractivity contribution in [3.63, 3.8) is 0 Å². The van der Waals surface area contributed by atoms with Crippen LogP contribution in [0.15, 0.2) is 24.3 Å². The number of aromatic nitrogens is 1. The lowest BCUT2D eigenvalue weighted by Gasteiger charge is -2.29. The van der Waals surface area contributed by atoms with Crippen LogP contribution in [0, 0.1) is 25.6 Å². The molecule has 154 valence electrons. The van der Waals surface area contributed by atoms with Crippen molar-refractivity contribution in [2.24, 2.45) is 5.92 Å². The minimum absolute atomic E-state index is 0.211. The first-order valence-electron chi connectivity index (χ1n) is 9.62. The Hall–Kier alpha value is -2.96. The summed E-state index contributed by atoms with van der Waals surface area (Å²) in [5, 5.41) is 0. The van der Waals surface area contributed by atoms with E-state index < -0.39 is 17.8 Å². The molecule has 2 aromatic rings. The number of H-pyrrole nitrogens is 1. The topological polar surface area (TPSA) is 79.5 Å². The van der Waals surface area contributed by atoms with E-state index in [9.17, 15) is 18.8 Å². The smallest absolute Gasteiger partial charge is 0.354 e. The summed E-state index contributed by atoms with van der Waals surface area (Å²) in [6.45, 7) is 5.49. The summed E-state index contributed by atoms with van der Waals surface area (Å²) < 4.78 is 18.4. The van der Waals surface area contributed by atoms with Crippen molar-refractivity contribution >= 4 is 17.7 Å². The fourth-order valence-electron chi connectivity index (χ4n) is 3.56. The lowest BCUT2D eigenvalue weighted by molar-refractivity contribution is 0.0592. The van der Waals surface area contributed by atoms with Gasteiger partial charge in [0.1, 0.15) is 11.5 Å². The van der Waals surface area contributed by atoms with E-state index in [-0.39, 0.29) is 22.9 Å². The van der Waals surface area contributed by atoms with Crippen LogP contribution in [0.4, 0.5) is 4.39 Å². The fraction of sp³-hybridized carbons (Fsp3) is 0.409. The third kappa shape index (κ3) is 4.23. The molecule has 1 aromatic carbocycles. The van der Waals surface area contributed by atoms with Gasteiger partial charge in [-0.25, -0.2) is 9.18 Å². The Morgan fingerprint density at radius 1 is 1.28 bits per heavy atom. The van der Waals surface area contributed by atoms with Crippen molar-refractivity contribution in [3.05, 3.63) is 58.2 Å². The van der Waals surface area contributed by atoms with Crippen LogP contribution in [-0.2, 0) is 4.74 Å². The van der Waals surface area contributed by atoms with Crippen LogP contribution in [-0.4, -0.2) is 47.2 Å². The Bertz CT molecular complexity index is 962. The van der Waals surface area contributed by atoms with Crippen molar-refractivity contribution in [1.82, 2.24) is 9.88 Å². The number of methoxy groups -OCH3 is 1. The van der Waals surface area contributed by atoms with Crippen LogP contribution < -0.4 is 0 Å². The SMILES string of the molecule is COC(=O)c1[nH]c(C)c(C(=O)[C@H](C)N(CC2CC2)C(=O)c2cccc(F)c2)c1C. The largest absolute Gasteiger partial charge is 0.464 e. The lowest BCUT2D eigenvalue weighted by Crippen LogP contribution is -2.44. The molecule has 7 heteroatoms. The van der Waals surface area contributed by atoms with E-state index >= 15 is 0 Å². The molecule has 1 aliphatic rings. The fourth-order valence-corrected chi connectivity index (χ4v) is 3.56. The minimum Gasteiger partial charge on any atom is -0.464 e. The molecule has 0 aliphatic heterocycles. The maximum atomic E-state index is 13.6. The molecule has 0 radical (unpaired) electrons. The highest BCUT2D eigenvalue weighted by Crippen LogP contribution is 2.32. The normalized spacial score (nSPS) is 14.4. The number of aryl methyl sites for hydroxylation is 1. The number of amides is 1. The van der Waals surface area contributed by atoms with Crippen LogP contribution in [0.25, 0.3) is 0 Å². The summed E-state index contributed by atoms with van der Waals surface area (Å²) >= 11 is 0. The van der Waals surface area contributed by atoms with Gasteiger partial charge in [0.25, 0.3) is 5.91 Å². The van der Waals surface area contributed by atoms with Gasteiger partial charge < -0.3 is 14.6 Å². The highest BCUT2D eigenvalue weighted by molar-refractivity contribution is 6.07. The zero-order valence-corrected chi connectivity index (χ0v) is 17.0. The number of aromatic amines is 1. The Kier molecular flexibility index (Phi) is 5.86. The maximum absolute atomic E-state index is 13.6. The van der Waals surface area contributed by atoms with Gasteiger partial charge in [0.05, 0.1) is 13.2 Å². The molecule has 1 saturated carbocycles. The number of rotatable bonds is 7. The third-order valence-corrected chi connectivity index (χ3v) is 5.40. The van der Waals surface area contributed by atoms with Crippen molar-refractivity contribution in [2.45, 2.75) is 39.7 Å². The first kappa shape index (κ1) is 20.8. The zero-order valence-electron chi connectivity index (χ0n) is 17.0. The van der Waals surface area contributed by atoms with Gasteiger partial charge in [-0.1, -0.05) is 6.07 Å². The molecule has 0 bridgehead atoms. The second kappa shape index (κ2) is 8.19. The van der Waals surface area contributed by atoms with Crippen LogP contribution in [0.5, 0.6) is 0 Å². The second-order valence-electron chi connectivity index (χ2n) is 7.57. The number of carbonyl (C=O) groups excluding carboxylic acids is 3. The average molecular weight is 400 g/mol. The van der Waals surface area contributed by atoms with Crippen LogP contribution >= 0.6 is 0 Å². The number of hydrogen-bond acceptors (Lipinski definition) is 4. The maximum Gasteiger partial charge on any atom is 0.354 e. The van der Waals surface area contributed by atoms with E-state index in [1.165, 1.54) is 30.2 Å². The summed E-state index contributed by atoms with van der Waals surface area (Å²) in [6, 6.07) is 4.72. The summed E-state index contributed by atoms with van der Waals surface area (Å²) in [5.74, 6) is -1.35. The van der Waals surface area contributed by atoms with Crippen LogP contribution in [0.1, 0.15) is 62.2 Å². The first-order chi connectivity index (χ1) is 13.7. The molecule has 0 unspecified atom stereocenters. The van der Waals surface area contributed by atoms with Crippen LogP contribution in [0.3, 0.4) is 0 Å². The number of ketones is 1. The average Bonchev–Trinajstić information content (AvgIpc) is 3.47. The summed E-state index contributed by atoms with van der Waals surface area (Å²) in [7, 11) is 1.27. The van der Waals surface area contributed by atoms with Gasteiger partial charge in [0, 0.05) is 23.4 Å². The molecular formula is C22H25FN2O4. The number of ether oxygens (including phenoxy) is 1. The molecule has 1 aliphatic carbocycles. The molecule has 1 N–H and O–H groups in total. The molecule has 1 fully saturated rings. The number of nitrogens with one attached hydrogen (secondary N) is 1. The van der Waals surface area contributed by atoms with Gasteiger partial charge >= 0.3 is 5.97 Å². The van der Waals surface area contributed by atoms with Crippen molar-refractivity contribution in [2.75, 3.05) is 13.7 Å². The number of halogens is 1. The molecule has 3 rings (SSSR count). The van der Waals surface area contributed by atoms with E-state index in [4.69, 9.17) is 4.74 Å². The van der Waals surface area contributed by atoms with Crippen LogP contribution in [0.2, 0.25) is 0 Å². The minimum atomic E-state index is -0.759. The van der Waals surface area contributed by atoms with Gasteiger partial charge in [0.15, 0.2) is 5.78 Å². The van der Waals surface area contributed by atoms with Gasteiger partial charge in [-0.15, -0.1) is 0 Å². The molecular weight excluding hydrogens is 375 g/mol. The number of esters is 1. The molecule has 0 spiro atoms. The lowest BCUT2D eigenvalue weighted by atomic mass is 9.99. The van der Waals surface area contributed by atoms with E-state index in [2.05, 4.69) is 4.98 Å². The summed E-state index contributed by atoms with van der Waals surface area (Å²) in [6.07, 6.45) is 2.01. The Morgan fingerprint density at radius 3 is 2.55 bits per heavy atom. The Balaban J connectivity index is 1.93.